The molecule has 2 N–H and O–H groups in total. The summed E-state index contributed by atoms with van der Waals surface area (Å²) in [5, 5.41) is 9.28. The molecule has 1 saturated carbocycles. The van der Waals surface area contributed by atoms with Crippen molar-refractivity contribution in [1.82, 2.24) is 4.72 Å². The van der Waals surface area contributed by atoms with Crippen LogP contribution in [0.25, 0.3) is 0 Å². The monoisotopic (exact) mass is 325 g/mol. The molecule has 0 spiro atoms. The largest absolute Gasteiger partial charge is 0.480 e. The second kappa shape index (κ2) is 7.74. The van der Waals surface area contributed by atoms with E-state index < -0.39 is 22.0 Å². The van der Waals surface area contributed by atoms with Gasteiger partial charge in [-0.05, 0) is 30.7 Å². The Morgan fingerprint density at radius 2 is 1.82 bits per heavy atom. The lowest BCUT2D eigenvalue weighted by molar-refractivity contribution is -0.138. The van der Waals surface area contributed by atoms with E-state index in [2.05, 4.69) is 4.72 Å². The van der Waals surface area contributed by atoms with Crippen molar-refractivity contribution in [1.29, 1.82) is 0 Å². The second-order valence-corrected chi connectivity index (χ2v) is 7.78. The molecule has 0 saturated heterocycles. The highest BCUT2D eigenvalue weighted by Gasteiger charge is 2.27. The first-order valence-electron chi connectivity index (χ1n) is 7.73. The highest BCUT2D eigenvalue weighted by molar-refractivity contribution is 7.89. The van der Waals surface area contributed by atoms with E-state index in [0.717, 1.165) is 37.7 Å². The number of carboxylic acids is 1. The van der Waals surface area contributed by atoms with Gasteiger partial charge in [-0.2, -0.15) is 0 Å². The number of hydrogen-bond donors (Lipinski definition) is 2. The maximum Gasteiger partial charge on any atom is 0.322 e. The van der Waals surface area contributed by atoms with Gasteiger partial charge < -0.3 is 5.11 Å². The van der Waals surface area contributed by atoms with Crippen LogP contribution in [0.2, 0.25) is 0 Å². The zero-order valence-electron chi connectivity index (χ0n) is 12.6. The van der Waals surface area contributed by atoms with Gasteiger partial charge in [0.15, 0.2) is 0 Å². The molecule has 0 amide bonds. The van der Waals surface area contributed by atoms with E-state index in [4.69, 9.17) is 0 Å². The summed E-state index contributed by atoms with van der Waals surface area (Å²) in [6, 6.07) is 7.94. The number of hydrogen-bond acceptors (Lipinski definition) is 3. The van der Waals surface area contributed by atoms with Crippen molar-refractivity contribution in [3.05, 3.63) is 35.9 Å². The molecule has 0 bridgehead atoms. The van der Waals surface area contributed by atoms with Gasteiger partial charge in [-0.1, -0.05) is 49.6 Å². The van der Waals surface area contributed by atoms with Crippen molar-refractivity contribution < 1.29 is 18.3 Å². The minimum Gasteiger partial charge on any atom is -0.480 e. The topological polar surface area (TPSA) is 83.5 Å². The average Bonchev–Trinajstić information content (AvgIpc) is 2.48. The zero-order valence-corrected chi connectivity index (χ0v) is 13.4. The van der Waals surface area contributed by atoms with Gasteiger partial charge in [0.1, 0.15) is 6.04 Å². The van der Waals surface area contributed by atoms with Crippen LogP contribution >= 0.6 is 0 Å². The standard InChI is InChI=1S/C16H23NO4S/c18-16(19)15(11-13-7-3-1-4-8-13)17-22(20,21)12-14-9-5-2-6-10-14/h1,3-4,7-8,14-15,17H,2,5-6,9-12H2,(H,18,19)/t15-/m0/s1. The van der Waals surface area contributed by atoms with Crippen LogP contribution in [-0.4, -0.2) is 31.3 Å². The summed E-state index contributed by atoms with van der Waals surface area (Å²) in [5.41, 5.74) is 0.801. The van der Waals surface area contributed by atoms with E-state index in [9.17, 15) is 18.3 Å². The van der Waals surface area contributed by atoms with Crippen LogP contribution in [0.3, 0.4) is 0 Å². The number of aliphatic carboxylic acids is 1. The van der Waals surface area contributed by atoms with Crippen molar-refractivity contribution >= 4 is 16.0 Å². The summed E-state index contributed by atoms with van der Waals surface area (Å²) < 4.78 is 26.8. The first kappa shape index (κ1) is 17.0. The SMILES string of the molecule is O=C(O)[C@H](Cc1ccccc1)NS(=O)(=O)CC1CCCCC1. The number of carbonyl (C=O) groups is 1. The van der Waals surface area contributed by atoms with Crippen LogP contribution in [0, 0.1) is 5.92 Å². The van der Waals surface area contributed by atoms with Crippen LogP contribution in [0.15, 0.2) is 30.3 Å². The Balaban J connectivity index is 1.98. The molecule has 22 heavy (non-hydrogen) atoms. The number of sulfonamides is 1. The minimum atomic E-state index is -3.58. The van der Waals surface area contributed by atoms with Gasteiger partial charge in [0.05, 0.1) is 5.75 Å². The summed E-state index contributed by atoms with van der Waals surface area (Å²) in [6.45, 7) is 0. The summed E-state index contributed by atoms with van der Waals surface area (Å²) >= 11 is 0. The van der Waals surface area contributed by atoms with Crippen LogP contribution in [-0.2, 0) is 21.2 Å². The highest BCUT2D eigenvalue weighted by Crippen LogP contribution is 2.24. The molecule has 1 fully saturated rings. The van der Waals surface area contributed by atoms with Crippen molar-refractivity contribution in [2.75, 3.05) is 5.75 Å². The first-order chi connectivity index (χ1) is 10.5. The molecule has 1 aromatic carbocycles. The second-order valence-electron chi connectivity index (χ2n) is 5.98. The van der Waals surface area contributed by atoms with Gasteiger partial charge in [-0.15, -0.1) is 0 Å². The van der Waals surface area contributed by atoms with Gasteiger partial charge in [-0.3, -0.25) is 4.79 Å². The lowest BCUT2D eigenvalue weighted by Crippen LogP contribution is -2.44. The van der Waals surface area contributed by atoms with E-state index in [1.165, 1.54) is 0 Å². The van der Waals surface area contributed by atoms with E-state index in [1.54, 1.807) is 12.1 Å². The maximum atomic E-state index is 12.2. The van der Waals surface area contributed by atoms with Crippen molar-refractivity contribution in [2.24, 2.45) is 5.92 Å². The van der Waals surface area contributed by atoms with Gasteiger partial charge in [0.25, 0.3) is 0 Å². The van der Waals surface area contributed by atoms with Crippen LogP contribution in [0.4, 0.5) is 0 Å². The van der Waals surface area contributed by atoms with E-state index >= 15 is 0 Å². The van der Waals surface area contributed by atoms with Gasteiger partial charge in [0, 0.05) is 0 Å². The Hall–Kier alpha value is -1.40. The lowest BCUT2D eigenvalue weighted by Gasteiger charge is -2.22. The van der Waals surface area contributed by atoms with E-state index in [1.807, 2.05) is 18.2 Å². The number of carboxylic acid groups (broad SMARTS) is 1. The predicted molar refractivity (Wildman–Crippen MR) is 85.1 cm³/mol. The molecule has 1 aliphatic rings. The first-order valence-corrected chi connectivity index (χ1v) is 9.38. The number of nitrogens with one attached hydrogen (secondary N) is 1. The molecule has 0 heterocycles. The van der Waals surface area contributed by atoms with E-state index in [0.29, 0.717) is 0 Å². The molecule has 122 valence electrons. The third-order valence-corrected chi connectivity index (χ3v) is 5.64. The summed E-state index contributed by atoms with van der Waals surface area (Å²) in [4.78, 5) is 11.3. The molecule has 6 heteroatoms. The van der Waals surface area contributed by atoms with Gasteiger partial charge >= 0.3 is 5.97 Å². The average molecular weight is 325 g/mol. The van der Waals surface area contributed by atoms with Crippen molar-refractivity contribution in [3.8, 4) is 0 Å². The Morgan fingerprint density at radius 1 is 1.18 bits per heavy atom. The van der Waals surface area contributed by atoms with Crippen LogP contribution in [0.1, 0.15) is 37.7 Å². The van der Waals surface area contributed by atoms with Crippen LogP contribution in [0.5, 0.6) is 0 Å². The van der Waals surface area contributed by atoms with Gasteiger partial charge in [0.2, 0.25) is 10.0 Å². The Bertz CT molecular complexity index is 579. The minimum absolute atomic E-state index is 0.0333. The van der Waals surface area contributed by atoms with E-state index in [-0.39, 0.29) is 18.1 Å². The molecule has 5 nitrogen and oxygen atoms in total. The molecule has 1 atom stereocenters. The fraction of sp³-hybridized carbons (Fsp3) is 0.562. The van der Waals surface area contributed by atoms with Crippen molar-refractivity contribution in [3.63, 3.8) is 0 Å². The van der Waals surface area contributed by atoms with Gasteiger partial charge in [-0.25, -0.2) is 13.1 Å². The Labute approximate surface area is 131 Å². The fourth-order valence-electron chi connectivity index (χ4n) is 2.96. The lowest BCUT2D eigenvalue weighted by atomic mass is 9.91. The molecular weight excluding hydrogens is 302 g/mol. The molecule has 0 radical (unpaired) electrons. The molecule has 1 aromatic rings. The summed E-state index contributed by atoms with van der Waals surface area (Å²) in [7, 11) is -3.58. The summed E-state index contributed by atoms with van der Waals surface area (Å²) in [6.07, 6.45) is 5.27. The predicted octanol–water partition coefficient (Wildman–Crippen LogP) is 2.18. The zero-order chi connectivity index (χ0) is 16.0. The third kappa shape index (κ3) is 5.42. The number of rotatable bonds is 7. The molecule has 1 aliphatic carbocycles. The normalized spacial score (nSPS) is 18.0. The Morgan fingerprint density at radius 3 is 2.41 bits per heavy atom. The summed E-state index contributed by atoms with van der Waals surface area (Å²) in [5.74, 6) is -0.959. The van der Waals surface area contributed by atoms with Crippen molar-refractivity contribution in [2.45, 2.75) is 44.6 Å². The quantitative estimate of drug-likeness (QED) is 0.805. The number of benzene rings is 1. The maximum absolute atomic E-state index is 12.2. The molecule has 0 aromatic heterocycles. The smallest absolute Gasteiger partial charge is 0.322 e. The Kier molecular flexibility index (Phi) is 5.97. The molecule has 0 aliphatic heterocycles. The molecular formula is C16H23NO4S. The molecule has 0 unspecified atom stereocenters. The van der Waals surface area contributed by atoms with Crippen LogP contribution < -0.4 is 4.72 Å². The fourth-order valence-corrected chi connectivity index (χ4v) is 4.63. The molecule has 2 rings (SSSR count). The highest BCUT2D eigenvalue weighted by atomic mass is 32.2. The third-order valence-electron chi connectivity index (χ3n) is 4.08.